The highest BCUT2D eigenvalue weighted by molar-refractivity contribution is 5.39. The van der Waals surface area contributed by atoms with Crippen LogP contribution < -0.4 is 10.1 Å². The van der Waals surface area contributed by atoms with Gasteiger partial charge in [0.2, 0.25) is 0 Å². The van der Waals surface area contributed by atoms with E-state index in [4.69, 9.17) is 9.47 Å². The van der Waals surface area contributed by atoms with Crippen molar-refractivity contribution < 1.29 is 9.47 Å². The van der Waals surface area contributed by atoms with Crippen molar-refractivity contribution in [3.8, 4) is 5.75 Å². The molecule has 1 aromatic carbocycles. The third-order valence-corrected chi connectivity index (χ3v) is 3.74. The maximum Gasteiger partial charge on any atom is 0.119 e. The largest absolute Gasteiger partial charge is 0.497 e. The predicted molar refractivity (Wildman–Crippen MR) is 66.4 cm³/mol. The van der Waals surface area contributed by atoms with Gasteiger partial charge in [-0.1, -0.05) is 6.07 Å². The number of fused-ring (bicyclic) bond motifs is 1. The molecule has 1 atom stereocenters. The molecule has 3 rings (SSSR count). The third-order valence-electron chi connectivity index (χ3n) is 3.74. The number of hydrogen-bond donors (Lipinski definition) is 1. The fraction of sp³-hybridized carbons (Fsp3) is 0.571. The Hall–Kier alpha value is -1.06. The molecule has 1 fully saturated rings. The van der Waals surface area contributed by atoms with E-state index in [1.165, 1.54) is 30.4 Å². The molecule has 1 unspecified atom stereocenters. The summed E-state index contributed by atoms with van der Waals surface area (Å²) in [5.41, 5.74) is 2.89. The molecule has 17 heavy (non-hydrogen) atoms. The van der Waals surface area contributed by atoms with Gasteiger partial charge in [-0.25, -0.2) is 0 Å². The molecular formula is C14H19NO2. The Morgan fingerprint density at radius 2 is 2.24 bits per heavy atom. The van der Waals surface area contributed by atoms with Gasteiger partial charge in [0.25, 0.3) is 0 Å². The van der Waals surface area contributed by atoms with Crippen LogP contribution in [0.4, 0.5) is 0 Å². The third kappa shape index (κ3) is 2.17. The molecule has 0 radical (unpaired) electrons. The minimum Gasteiger partial charge on any atom is -0.497 e. The van der Waals surface area contributed by atoms with Crippen LogP contribution in [0.15, 0.2) is 18.2 Å². The first-order valence-electron chi connectivity index (χ1n) is 6.37. The number of hydrogen-bond acceptors (Lipinski definition) is 3. The van der Waals surface area contributed by atoms with Gasteiger partial charge in [-0.2, -0.15) is 0 Å². The number of methoxy groups -OCH3 is 1. The highest BCUT2D eigenvalue weighted by atomic mass is 16.5. The van der Waals surface area contributed by atoms with Crippen LogP contribution in [0.1, 0.15) is 30.0 Å². The van der Waals surface area contributed by atoms with E-state index in [-0.39, 0.29) is 0 Å². The zero-order valence-corrected chi connectivity index (χ0v) is 10.2. The van der Waals surface area contributed by atoms with Crippen molar-refractivity contribution in [3.05, 3.63) is 29.3 Å². The first kappa shape index (κ1) is 11.1. The van der Waals surface area contributed by atoms with Gasteiger partial charge in [0.05, 0.1) is 26.4 Å². The molecule has 1 N–H and O–H groups in total. The van der Waals surface area contributed by atoms with E-state index in [1.54, 1.807) is 7.11 Å². The van der Waals surface area contributed by atoms with E-state index in [9.17, 15) is 0 Å². The van der Waals surface area contributed by atoms with Crippen molar-refractivity contribution in [2.24, 2.45) is 0 Å². The molecule has 0 aromatic heterocycles. The van der Waals surface area contributed by atoms with Gasteiger partial charge in [-0.15, -0.1) is 0 Å². The average Bonchev–Trinajstić information content (AvgIpc) is 2.33. The number of aryl methyl sites for hydroxylation is 1. The van der Waals surface area contributed by atoms with Crippen molar-refractivity contribution in [1.29, 1.82) is 0 Å². The SMILES string of the molecule is COc1ccc2c(c1)CCCC2NC1COC1. The van der Waals surface area contributed by atoms with Crippen LogP contribution >= 0.6 is 0 Å². The minimum atomic E-state index is 0.499. The first-order valence-corrected chi connectivity index (χ1v) is 6.37. The van der Waals surface area contributed by atoms with Crippen LogP contribution in [0.3, 0.4) is 0 Å². The number of ether oxygens (including phenoxy) is 2. The topological polar surface area (TPSA) is 30.5 Å². The Bertz CT molecular complexity index is 401. The van der Waals surface area contributed by atoms with Crippen molar-refractivity contribution in [2.75, 3.05) is 20.3 Å². The average molecular weight is 233 g/mol. The van der Waals surface area contributed by atoms with Crippen molar-refractivity contribution in [2.45, 2.75) is 31.3 Å². The molecule has 3 heteroatoms. The summed E-state index contributed by atoms with van der Waals surface area (Å²) in [4.78, 5) is 0. The van der Waals surface area contributed by atoms with E-state index in [0.717, 1.165) is 19.0 Å². The van der Waals surface area contributed by atoms with Crippen LogP contribution in [0.5, 0.6) is 5.75 Å². The lowest BCUT2D eigenvalue weighted by molar-refractivity contribution is -0.0110. The maximum atomic E-state index is 5.29. The number of nitrogens with one attached hydrogen (secondary N) is 1. The van der Waals surface area contributed by atoms with Gasteiger partial charge in [0.1, 0.15) is 5.75 Å². The molecular weight excluding hydrogens is 214 g/mol. The van der Waals surface area contributed by atoms with Crippen LogP contribution in [-0.4, -0.2) is 26.4 Å². The van der Waals surface area contributed by atoms with Gasteiger partial charge in [-0.05, 0) is 42.5 Å². The summed E-state index contributed by atoms with van der Waals surface area (Å²) in [6, 6.07) is 7.51. The summed E-state index contributed by atoms with van der Waals surface area (Å²) in [5.74, 6) is 0.969. The molecule has 2 aliphatic rings. The smallest absolute Gasteiger partial charge is 0.119 e. The molecule has 1 saturated heterocycles. The molecule has 1 aromatic rings. The van der Waals surface area contributed by atoms with Gasteiger partial charge in [-0.3, -0.25) is 0 Å². The summed E-state index contributed by atoms with van der Waals surface area (Å²) in [6.45, 7) is 1.73. The van der Waals surface area contributed by atoms with Crippen LogP contribution in [-0.2, 0) is 11.2 Å². The number of rotatable bonds is 3. The fourth-order valence-corrected chi connectivity index (χ4v) is 2.71. The van der Waals surface area contributed by atoms with Crippen LogP contribution in [0.25, 0.3) is 0 Å². The van der Waals surface area contributed by atoms with E-state index in [2.05, 4.69) is 23.5 Å². The van der Waals surface area contributed by atoms with E-state index in [0.29, 0.717) is 12.1 Å². The van der Waals surface area contributed by atoms with Gasteiger partial charge in [0, 0.05) is 6.04 Å². The highest BCUT2D eigenvalue weighted by Crippen LogP contribution is 2.32. The lowest BCUT2D eigenvalue weighted by atomic mass is 9.87. The Labute approximate surface area is 102 Å². The summed E-state index contributed by atoms with van der Waals surface area (Å²) in [7, 11) is 1.73. The summed E-state index contributed by atoms with van der Waals surface area (Å²) in [6.07, 6.45) is 3.66. The summed E-state index contributed by atoms with van der Waals surface area (Å²) in [5, 5.41) is 3.68. The summed E-state index contributed by atoms with van der Waals surface area (Å²) >= 11 is 0. The lowest BCUT2D eigenvalue weighted by Gasteiger charge is -2.34. The molecule has 0 spiro atoms. The minimum absolute atomic E-state index is 0.499. The standard InChI is InChI=1S/C14H19NO2/c1-16-12-5-6-13-10(7-12)3-2-4-14(13)15-11-8-17-9-11/h5-7,11,14-15H,2-4,8-9H2,1H3. The van der Waals surface area contributed by atoms with E-state index < -0.39 is 0 Å². The zero-order chi connectivity index (χ0) is 11.7. The second-order valence-electron chi connectivity index (χ2n) is 4.91. The molecule has 1 aliphatic carbocycles. The quantitative estimate of drug-likeness (QED) is 0.867. The Kier molecular flexibility index (Phi) is 3.04. The molecule has 0 amide bonds. The van der Waals surface area contributed by atoms with Crippen molar-refractivity contribution >= 4 is 0 Å². The maximum absolute atomic E-state index is 5.29. The summed E-state index contributed by atoms with van der Waals surface area (Å²) < 4.78 is 10.5. The lowest BCUT2D eigenvalue weighted by Crippen LogP contribution is -2.47. The van der Waals surface area contributed by atoms with Crippen LogP contribution in [0.2, 0.25) is 0 Å². The fourth-order valence-electron chi connectivity index (χ4n) is 2.71. The molecule has 3 nitrogen and oxygen atoms in total. The second-order valence-corrected chi connectivity index (χ2v) is 4.91. The molecule has 92 valence electrons. The first-order chi connectivity index (χ1) is 8.36. The zero-order valence-electron chi connectivity index (χ0n) is 10.2. The molecule has 1 aliphatic heterocycles. The van der Waals surface area contributed by atoms with E-state index >= 15 is 0 Å². The van der Waals surface area contributed by atoms with Crippen molar-refractivity contribution in [1.82, 2.24) is 5.32 Å². The molecule has 0 bridgehead atoms. The van der Waals surface area contributed by atoms with Gasteiger partial charge < -0.3 is 14.8 Å². The van der Waals surface area contributed by atoms with E-state index in [1.807, 2.05) is 0 Å². The van der Waals surface area contributed by atoms with Gasteiger partial charge in [0.15, 0.2) is 0 Å². The van der Waals surface area contributed by atoms with Crippen LogP contribution in [0, 0.1) is 0 Å². The molecule has 1 heterocycles. The normalized spacial score (nSPS) is 23.9. The number of benzene rings is 1. The van der Waals surface area contributed by atoms with Crippen molar-refractivity contribution in [3.63, 3.8) is 0 Å². The van der Waals surface area contributed by atoms with Gasteiger partial charge >= 0.3 is 0 Å². The molecule has 0 saturated carbocycles. The Morgan fingerprint density at radius 3 is 2.94 bits per heavy atom. The second kappa shape index (κ2) is 4.67. The Balaban J connectivity index is 1.80. The monoisotopic (exact) mass is 233 g/mol. The predicted octanol–water partition coefficient (Wildman–Crippen LogP) is 2.06. The Morgan fingerprint density at radius 1 is 1.35 bits per heavy atom. The highest BCUT2D eigenvalue weighted by Gasteiger charge is 2.26.